The maximum absolute atomic E-state index is 12.8. The van der Waals surface area contributed by atoms with Gasteiger partial charge in [0.1, 0.15) is 5.82 Å². The summed E-state index contributed by atoms with van der Waals surface area (Å²) in [5, 5.41) is 15.5. The van der Waals surface area contributed by atoms with Crippen molar-refractivity contribution in [3.05, 3.63) is 11.8 Å². The molecule has 1 aromatic rings. The zero-order chi connectivity index (χ0) is 12.5. The van der Waals surface area contributed by atoms with Crippen LogP contribution in [0.3, 0.4) is 0 Å². The molecule has 0 spiro atoms. The summed E-state index contributed by atoms with van der Waals surface area (Å²) < 4.78 is 39.3. The first-order chi connectivity index (χ1) is 8.04. The van der Waals surface area contributed by atoms with Crippen molar-refractivity contribution in [1.29, 1.82) is 0 Å². The number of rotatable bonds is 3. The van der Waals surface area contributed by atoms with Gasteiger partial charge >= 0.3 is 6.18 Å². The Balaban J connectivity index is 2.25. The molecule has 17 heavy (non-hydrogen) atoms. The molecule has 1 unspecified atom stereocenters. The molecule has 0 fully saturated rings. The van der Waals surface area contributed by atoms with Crippen LogP contribution in [-0.4, -0.2) is 34.2 Å². The second-order valence-electron chi connectivity index (χ2n) is 4.06. The van der Waals surface area contributed by atoms with Crippen LogP contribution in [0.15, 0.2) is 6.20 Å². The fraction of sp³-hybridized carbons (Fsp3) is 0.700. The highest BCUT2D eigenvalue weighted by atomic mass is 19.4. The smallest absolute Gasteiger partial charge is 0.396 e. The predicted molar refractivity (Wildman–Crippen MR) is 55.8 cm³/mol. The molecule has 0 bridgehead atoms. The molecular formula is C10H14F3N3O. The fourth-order valence-electron chi connectivity index (χ4n) is 2.03. The highest BCUT2D eigenvalue weighted by molar-refractivity contribution is 5.46. The summed E-state index contributed by atoms with van der Waals surface area (Å²) in [7, 11) is 0. The number of hydrogen-bond donors (Lipinski definition) is 2. The Hall–Kier alpha value is -1.24. The monoisotopic (exact) mass is 249 g/mol. The summed E-state index contributed by atoms with van der Waals surface area (Å²) in [4.78, 5) is 0. The van der Waals surface area contributed by atoms with Crippen LogP contribution in [0.5, 0.6) is 0 Å². The van der Waals surface area contributed by atoms with Gasteiger partial charge in [-0.05, 0) is 19.3 Å². The minimum atomic E-state index is -4.27. The van der Waals surface area contributed by atoms with Crippen LogP contribution in [0.4, 0.5) is 19.0 Å². The van der Waals surface area contributed by atoms with Crippen molar-refractivity contribution in [2.75, 3.05) is 18.5 Å². The number of anilines is 1. The number of nitrogens with zero attached hydrogens (tertiary/aromatic N) is 2. The van der Waals surface area contributed by atoms with Crippen molar-refractivity contribution in [2.24, 2.45) is 0 Å². The van der Waals surface area contributed by atoms with E-state index in [1.54, 1.807) is 0 Å². The average molecular weight is 249 g/mol. The predicted octanol–water partition coefficient (Wildman–Crippen LogP) is 1.73. The number of aliphatic hydroxyl groups excluding tert-OH is 1. The molecule has 7 heteroatoms. The highest BCUT2D eigenvalue weighted by Crippen LogP contribution is 2.38. The lowest BCUT2D eigenvalue weighted by molar-refractivity contribution is -0.171. The van der Waals surface area contributed by atoms with E-state index in [1.807, 2.05) is 0 Å². The largest absolute Gasteiger partial charge is 0.410 e. The van der Waals surface area contributed by atoms with Crippen LogP contribution in [0.25, 0.3) is 0 Å². The minimum absolute atomic E-state index is 0.00236. The number of aliphatic hydroxyl groups is 1. The first-order valence-corrected chi connectivity index (χ1v) is 5.52. The van der Waals surface area contributed by atoms with E-state index in [-0.39, 0.29) is 13.0 Å². The van der Waals surface area contributed by atoms with Crippen molar-refractivity contribution < 1.29 is 18.3 Å². The normalized spacial score (nSPS) is 19.9. The van der Waals surface area contributed by atoms with Crippen LogP contribution in [-0.2, 0) is 6.42 Å². The number of aromatic nitrogens is 2. The summed E-state index contributed by atoms with van der Waals surface area (Å²) in [6.45, 7) is 0.315. The van der Waals surface area contributed by atoms with Gasteiger partial charge in [0.25, 0.3) is 0 Å². The van der Waals surface area contributed by atoms with E-state index in [4.69, 9.17) is 5.11 Å². The van der Waals surface area contributed by atoms with Crippen molar-refractivity contribution in [3.63, 3.8) is 0 Å². The van der Waals surface area contributed by atoms with E-state index in [9.17, 15) is 13.2 Å². The number of fused-ring (bicyclic) bond motifs is 1. The third-order valence-corrected chi connectivity index (χ3v) is 2.86. The Kier molecular flexibility index (Phi) is 3.28. The molecule has 0 radical (unpaired) electrons. The molecule has 0 aliphatic carbocycles. The first kappa shape index (κ1) is 12.2. The fourth-order valence-corrected chi connectivity index (χ4v) is 2.03. The van der Waals surface area contributed by atoms with E-state index in [0.717, 1.165) is 10.2 Å². The molecule has 1 aromatic heterocycles. The number of halogens is 3. The molecule has 0 saturated carbocycles. The number of aryl methyl sites for hydroxylation is 1. The van der Waals surface area contributed by atoms with E-state index in [1.165, 1.54) is 6.20 Å². The molecule has 0 amide bonds. The SMILES string of the molecule is OCCCc1cnn2c1NCCC2C(F)(F)F. The topological polar surface area (TPSA) is 50.1 Å². The third-order valence-electron chi connectivity index (χ3n) is 2.86. The van der Waals surface area contributed by atoms with Crippen LogP contribution in [0, 0.1) is 0 Å². The summed E-state index contributed by atoms with van der Waals surface area (Å²) in [6, 6.07) is -1.54. The molecule has 96 valence electrons. The van der Waals surface area contributed by atoms with Crippen molar-refractivity contribution in [3.8, 4) is 0 Å². The van der Waals surface area contributed by atoms with Gasteiger partial charge in [-0.15, -0.1) is 0 Å². The zero-order valence-corrected chi connectivity index (χ0v) is 9.17. The molecule has 2 heterocycles. The van der Waals surface area contributed by atoms with Gasteiger partial charge in [0.05, 0.1) is 6.20 Å². The van der Waals surface area contributed by atoms with Crippen molar-refractivity contribution in [2.45, 2.75) is 31.5 Å². The van der Waals surface area contributed by atoms with Gasteiger partial charge in [0, 0.05) is 18.7 Å². The Labute approximate surface area is 96.4 Å². The molecular weight excluding hydrogens is 235 g/mol. The lowest BCUT2D eigenvalue weighted by Crippen LogP contribution is -2.34. The standard InChI is InChI=1S/C10H14F3N3O/c11-10(12,13)8-3-4-14-9-7(2-1-5-17)6-15-16(8)9/h6,8,14,17H,1-5H2. The van der Waals surface area contributed by atoms with Crippen molar-refractivity contribution in [1.82, 2.24) is 9.78 Å². The molecule has 2 rings (SSSR count). The molecule has 1 aliphatic heterocycles. The van der Waals surface area contributed by atoms with E-state index >= 15 is 0 Å². The van der Waals surface area contributed by atoms with Gasteiger partial charge in [-0.1, -0.05) is 0 Å². The summed E-state index contributed by atoms with van der Waals surface area (Å²) in [6.07, 6.45) is -1.77. The molecule has 0 saturated heterocycles. The summed E-state index contributed by atoms with van der Waals surface area (Å²) in [5.74, 6) is 0.437. The van der Waals surface area contributed by atoms with Crippen molar-refractivity contribution >= 4 is 5.82 Å². The van der Waals surface area contributed by atoms with Gasteiger partial charge in [0.15, 0.2) is 6.04 Å². The van der Waals surface area contributed by atoms with E-state index in [2.05, 4.69) is 10.4 Å². The Morgan fingerprint density at radius 3 is 2.94 bits per heavy atom. The van der Waals surface area contributed by atoms with Crippen LogP contribution in [0.1, 0.15) is 24.4 Å². The van der Waals surface area contributed by atoms with Gasteiger partial charge in [-0.25, -0.2) is 4.68 Å². The second-order valence-corrected chi connectivity index (χ2v) is 4.06. The lowest BCUT2D eigenvalue weighted by atomic mass is 10.1. The maximum atomic E-state index is 12.8. The zero-order valence-electron chi connectivity index (χ0n) is 9.17. The quantitative estimate of drug-likeness (QED) is 0.857. The summed E-state index contributed by atoms with van der Waals surface area (Å²) >= 11 is 0. The summed E-state index contributed by atoms with van der Waals surface area (Å²) in [5.41, 5.74) is 0.730. The Morgan fingerprint density at radius 2 is 2.29 bits per heavy atom. The molecule has 1 aliphatic rings. The molecule has 4 nitrogen and oxygen atoms in total. The van der Waals surface area contributed by atoms with Crippen LogP contribution < -0.4 is 5.32 Å². The van der Waals surface area contributed by atoms with Gasteiger partial charge in [-0.3, -0.25) is 0 Å². The van der Waals surface area contributed by atoms with Crippen LogP contribution >= 0.6 is 0 Å². The molecule has 0 aromatic carbocycles. The second kappa shape index (κ2) is 4.56. The minimum Gasteiger partial charge on any atom is -0.396 e. The highest BCUT2D eigenvalue weighted by Gasteiger charge is 2.44. The van der Waals surface area contributed by atoms with Gasteiger partial charge in [0.2, 0.25) is 0 Å². The first-order valence-electron chi connectivity index (χ1n) is 5.52. The number of nitrogens with one attached hydrogen (secondary N) is 1. The number of hydrogen-bond acceptors (Lipinski definition) is 3. The Morgan fingerprint density at radius 1 is 1.53 bits per heavy atom. The lowest BCUT2D eigenvalue weighted by Gasteiger charge is -2.28. The molecule has 1 atom stereocenters. The Bertz CT molecular complexity index is 389. The molecule has 2 N–H and O–H groups in total. The average Bonchev–Trinajstić information content (AvgIpc) is 2.67. The van der Waals surface area contributed by atoms with E-state index < -0.39 is 12.2 Å². The van der Waals surface area contributed by atoms with Gasteiger partial charge < -0.3 is 10.4 Å². The maximum Gasteiger partial charge on any atom is 0.410 e. The third kappa shape index (κ3) is 2.38. The van der Waals surface area contributed by atoms with Crippen LogP contribution in [0.2, 0.25) is 0 Å². The van der Waals surface area contributed by atoms with Gasteiger partial charge in [-0.2, -0.15) is 18.3 Å². The van der Waals surface area contributed by atoms with E-state index in [0.29, 0.717) is 25.2 Å². The number of alkyl halides is 3.